The minimum absolute atomic E-state index is 0.0423. The first-order chi connectivity index (χ1) is 8.56. The number of aromatic nitrogens is 1. The summed E-state index contributed by atoms with van der Waals surface area (Å²) in [7, 11) is 1.79. The lowest BCUT2D eigenvalue weighted by Crippen LogP contribution is -2.26. The number of halogens is 1. The Balaban J connectivity index is 2.08. The SMILES string of the molecule is Cc1nc(C(=O)N(C)Cc2cccc(Br)c2)cs1. The number of rotatable bonds is 3. The molecule has 1 heterocycles. The van der Waals surface area contributed by atoms with Crippen LogP contribution in [0.15, 0.2) is 34.1 Å². The fourth-order valence-corrected chi connectivity index (χ4v) is 2.67. The molecule has 0 bridgehead atoms. The number of hydrogen-bond donors (Lipinski definition) is 0. The van der Waals surface area contributed by atoms with Gasteiger partial charge in [-0.05, 0) is 24.6 Å². The van der Waals surface area contributed by atoms with Crippen LogP contribution in [0.4, 0.5) is 0 Å². The molecular formula is C13H13BrN2OS. The Bertz CT molecular complexity index is 568. The third-order valence-electron chi connectivity index (χ3n) is 2.49. The van der Waals surface area contributed by atoms with Crippen LogP contribution in [0.25, 0.3) is 0 Å². The van der Waals surface area contributed by atoms with Gasteiger partial charge >= 0.3 is 0 Å². The Morgan fingerprint density at radius 1 is 1.50 bits per heavy atom. The molecule has 0 aliphatic heterocycles. The topological polar surface area (TPSA) is 33.2 Å². The van der Waals surface area contributed by atoms with E-state index in [2.05, 4.69) is 20.9 Å². The van der Waals surface area contributed by atoms with Crippen LogP contribution in [0.3, 0.4) is 0 Å². The minimum atomic E-state index is -0.0423. The van der Waals surface area contributed by atoms with Crippen molar-refractivity contribution in [3.8, 4) is 0 Å². The summed E-state index contributed by atoms with van der Waals surface area (Å²) in [6, 6.07) is 7.94. The molecule has 3 nitrogen and oxygen atoms in total. The number of nitrogens with zero attached hydrogens (tertiary/aromatic N) is 2. The Morgan fingerprint density at radius 2 is 2.28 bits per heavy atom. The average molecular weight is 325 g/mol. The number of aryl methyl sites for hydroxylation is 1. The predicted octanol–water partition coefficient (Wildman–Crippen LogP) is 3.49. The highest BCUT2D eigenvalue weighted by Crippen LogP contribution is 2.15. The summed E-state index contributed by atoms with van der Waals surface area (Å²) in [4.78, 5) is 18.0. The second-order valence-electron chi connectivity index (χ2n) is 4.04. The summed E-state index contributed by atoms with van der Waals surface area (Å²) in [5.74, 6) is -0.0423. The first-order valence-electron chi connectivity index (χ1n) is 5.48. The quantitative estimate of drug-likeness (QED) is 0.865. The lowest BCUT2D eigenvalue weighted by atomic mass is 10.2. The Hall–Kier alpha value is -1.20. The number of thiazole rings is 1. The van der Waals surface area contributed by atoms with Crippen molar-refractivity contribution >= 4 is 33.2 Å². The van der Waals surface area contributed by atoms with Gasteiger partial charge in [-0.2, -0.15) is 0 Å². The minimum Gasteiger partial charge on any atom is -0.336 e. The molecular weight excluding hydrogens is 312 g/mol. The van der Waals surface area contributed by atoms with Crippen LogP contribution < -0.4 is 0 Å². The summed E-state index contributed by atoms with van der Waals surface area (Å²) in [6.07, 6.45) is 0. The van der Waals surface area contributed by atoms with Gasteiger partial charge in [-0.3, -0.25) is 4.79 Å². The van der Waals surface area contributed by atoms with E-state index in [0.717, 1.165) is 15.0 Å². The largest absolute Gasteiger partial charge is 0.336 e. The van der Waals surface area contributed by atoms with Crippen molar-refractivity contribution in [2.75, 3.05) is 7.05 Å². The van der Waals surface area contributed by atoms with Crippen molar-refractivity contribution in [2.24, 2.45) is 0 Å². The molecule has 5 heteroatoms. The molecule has 0 aliphatic carbocycles. The second-order valence-corrected chi connectivity index (χ2v) is 6.02. The standard InChI is InChI=1S/C13H13BrN2OS/c1-9-15-12(8-18-9)13(17)16(2)7-10-4-3-5-11(14)6-10/h3-6,8H,7H2,1-2H3. The van der Waals surface area contributed by atoms with Crippen LogP contribution in [0.2, 0.25) is 0 Å². The number of amides is 1. The van der Waals surface area contributed by atoms with E-state index in [1.807, 2.05) is 31.2 Å². The molecule has 0 N–H and O–H groups in total. The molecule has 1 aromatic heterocycles. The molecule has 18 heavy (non-hydrogen) atoms. The molecule has 1 aromatic carbocycles. The van der Waals surface area contributed by atoms with Gasteiger partial charge in [-0.15, -0.1) is 11.3 Å². The van der Waals surface area contributed by atoms with E-state index in [1.165, 1.54) is 11.3 Å². The lowest BCUT2D eigenvalue weighted by Gasteiger charge is -2.16. The zero-order valence-electron chi connectivity index (χ0n) is 10.2. The van der Waals surface area contributed by atoms with E-state index >= 15 is 0 Å². The molecule has 0 atom stereocenters. The molecule has 0 saturated carbocycles. The van der Waals surface area contributed by atoms with E-state index in [4.69, 9.17) is 0 Å². The molecule has 0 spiro atoms. The molecule has 0 fully saturated rings. The van der Waals surface area contributed by atoms with Crippen molar-refractivity contribution in [1.82, 2.24) is 9.88 Å². The fourth-order valence-electron chi connectivity index (χ4n) is 1.64. The fraction of sp³-hybridized carbons (Fsp3) is 0.231. The van der Waals surface area contributed by atoms with E-state index in [0.29, 0.717) is 12.2 Å². The normalized spacial score (nSPS) is 10.4. The smallest absolute Gasteiger partial charge is 0.273 e. The van der Waals surface area contributed by atoms with Crippen LogP contribution in [0, 0.1) is 6.92 Å². The third kappa shape index (κ3) is 3.17. The second kappa shape index (κ2) is 5.63. The maximum atomic E-state index is 12.1. The van der Waals surface area contributed by atoms with E-state index in [-0.39, 0.29) is 5.91 Å². The summed E-state index contributed by atoms with van der Waals surface area (Å²) < 4.78 is 1.02. The Labute approximate surface area is 119 Å². The van der Waals surface area contributed by atoms with Crippen molar-refractivity contribution < 1.29 is 4.79 Å². The zero-order valence-corrected chi connectivity index (χ0v) is 12.6. The average Bonchev–Trinajstić information content (AvgIpc) is 2.75. The van der Waals surface area contributed by atoms with Crippen molar-refractivity contribution in [1.29, 1.82) is 0 Å². The van der Waals surface area contributed by atoms with Gasteiger partial charge in [0, 0.05) is 23.4 Å². The van der Waals surface area contributed by atoms with E-state index < -0.39 is 0 Å². The van der Waals surface area contributed by atoms with Gasteiger partial charge in [0.1, 0.15) is 5.69 Å². The maximum Gasteiger partial charge on any atom is 0.273 e. The zero-order chi connectivity index (χ0) is 13.1. The van der Waals surface area contributed by atoms with Gasteiger partial charge in [0.15, 0.2) is 0 Å². The van der Waals surface area contributed by atoms with Crippen molar-refractivity contribution in [2.45, 2.75) is 13.5 Å². The molecule has 0 saturated heterocycles. The van der Waals surface area contributed by atoms with E-state index in [9.17, 15) is 4.79 Å². The lowest BCUT2D eigenvalue weighted by molar-refractivity contribution is 0.0780. The van der Waals surface area contributed by atoms with Crippen LogP contribution in [0.5, 0.6) is 0 Å². The van der Waals surface area contributed by atoms with Gasteiger partial charge in [-0.1, -0.05) is 28.1 Å². The first-order valence-corrected chi connectivity index (χ1v) is 7.15. The molecule has 0 aliphatic rings. The Morgan fingerprint density at radius 3 is 2.89 bits per heavy atom. The summed E-state index contributed by atoms with van der Waals surface area (Å²) >= 11 is 4.92. The van der Waals surface area contributed by atoms with Gasteiger partial charge in [-0.25, -0.2) is 4.98 Å². The van der Waals surface area contributed by atoms with Gasteiger partial charge in [0.05, 0.1) is 5.01 Å². The summed E-state index contributed by atoms with van der Waals surface area (Å²) in [5.41, 5.74) is 1.61. The third-order valence-corrected chi connectivity index (χ3v) is 3.76. The maximum absolute atomic E-state index is 12.1. The van der Waals surface area contributed by atoms with Crippen molar-refractivity contribution in [3.05, 3.63) is 50.4 Å². The van der Waals surface area contributed by atoms with Crippen LogP contribution in [-0.2, 0) is 6.54 Å². The monoisotopic (exact) mass is 324 g/mol. The molecule has 2 rings (SSSR count). The van der Waals surface area contributed by atoms with E-state index in [1.54, 1.807) is 17.3 Å². The van der Waals surface area contributed by atoms with Gasteiger partial charge in [0.2, 0.25) is 0 Å². The molecule has 0 unspecified atom stereocenters. The van der Waals surface area contributed by atoms with Crippen molar-refractivity contribution in [3.63, 3.8) is 0 Å². The summed E-state index contributed by atoms with van der Waals surface area (Å²) in [5, 5.41) is 2.71. The van der Waals surface area contributed by atoms with Crippen LogP contribution >= 0.6 is 27.3 Å². The highest BCUT2D eigenvalue weighted by molar-refractivity contribution is 9.10. The van der Waals surface area contributed by atoms with Gasteiger partial charge in [0.25, 0.3) is 5.91 Å². The number of carbonyl (C=O) groups is 1. The highest BCUT2D eigenvalue weighted by Gasteiger charge is 2.14. The Kier molecular flexibility index (Phi) is 4.14. The first kappa shape index (κ1) is 13.2. The number of hydrogen-bond acceptors (Lipinski definition) is 3. The highest BCUT2D eigenvalue weighted by atomic mass is 79.9. The van der Waals surface area contributed by atoms with Crippen LogP contribution in [-0.4, -0.2) is 22.8 Å². The molecule has 1 amide bonds. The number of benzene rings is 1. The van der Waals surface area contributed by atoms with Crippen LogP contribution in [0.1, 0.15) is 21.1 Å². The predicted molar refractivity (Wildman–Crippen MR) is 76.8 cm³/mol. The molecule has 2 aromatic rings. The molecule has 0 radical (unpaired) electrons. The summed E-state index contributed by atoms with van der Waals surface area (Å²) in [6.45, 7) is 2.48. The number of carbonyl (C=O) groups excluding carboxylic acids is 1. The van der Waals surface area contributed by atoms with Gasteiger partial charge < -0.3 is 4.90 Å². The molecule has 94 valence electrons.